The molecule has 0 spiro atoms. The normalized spacial score (nSPS) is 10.0. The van der Waals surface area contributed by atoms with E-state index in [2.05, 4.69) is 20.7 Å². The summed E-state index contributed by atoms with van der Waals surface area (Å²) in [6, 6.07) is 1.74. The van der Waals surface area contributed by atoms with Crippen molar-refractivity contribution in [2.75, 3.05) is 23.9 Å². The molecule has 1 rings (SSSR count). The summed E-state index contributed by atoms with van der Waals surface area (Å²) in [5.41, 5.74) is 2.45. The predicted molar refractivity (Wildman–Crippen MR) is 59.3 cm³/mol. The van der Waals surface area contributed by atoms with Gasteiger partial charge in [-0.3, -0.25) is 0 Å². The van der Waals surface area contributed by atoms with Gasteiger partial charge in [-0.15, -0.1) is 0 Å². The zero-order chi connectivity index (χ0) is 10.9. The summed E-state index contributed by atoms with van der Waals surface area (Å²) in [7, 11) is 0. The van der Waals surface area contributed by atoms with Crippen LogP contribution in [0, 0.1) is 0 Å². The molecule has 0 atom stereocenters. The summed E-state index contributed by atoms with van der Waals surface area (Å²) in [6.07, 6.45) is 4.32. The average molecular weight is 211 g/mol. The molecule has 1 heterocycles. The van der Waals surface area contributed by atoms with Crippen LogP contribution in [0.4, 0.5) is 11.6 Å². The first-order chi connectivity index (χ1) is 7.36. The highest BCUT2D eigenvalue weighted by Gasteiger charge is 1.95. The number of unbranched alkanes of at least 4 members (excludes halogenated alkanes) is 2. The number of hydrazine groups is 1. The number of aliphatic hydroxyl groups is 1. The van der Waals surface area contributed by atoms with Gasteiger partial charge in [0.05, 0.1) is 0 Å². The first-order valence-electron chi connectivity index (χ1n) is 5.00. The minimum Gasteiger partial charge on any atom is -0.396 e. The Labute approximate surface area is 88.9 Å². The number of hydrogen-bond donors (Lipinski definition) is 4. The molecule has 1 aromatic heterocycles. The molecule has 84 valence electrons. The Morgan fingerprint density at radius 2 is 2.00 bits per heavy atom. The van der Waals surface area contributed by atoms with E-state index in [0.717, 1.165) is 31.6 Å². The van der Waals surface area contributed by atoms with Crippen LogP contribution in [0.3, 0.4) is 0 Å². The number of aromatic nitrogens is 2. The van der Waals surface area contributed by atoms with Gasteiger partial charge in [0, 0.05) is 19.2 Å². The van der Waals surface area contributed by atoms with Gasteiger partial charge >= 0.3 is 0 Å². The fraction of sp³-hybridized carbons (Fsp3) is 0.556. The largest absolute Gasteiger partial charge is 0.396 e. The molecule has 1 aromatic rings. The summed E-state index contributed by atoms with van der Waals surface area (Å²) in [6.45, 7) is 1.09. The van der Waals surface area contributed by atoms with Crippen molar-refractivity contribution in [2.24, 2.45) is 5.84 Å². The Balaban J connectivity index is 2.24. The monoisotopic (exact) mass is 211 g/mol. The van der Waals surface area contributed by atoms with Gasteiger partial charge in [-0.25, -0.2) is 15.8 Å². The Kier molecular flexibility index (Phi) is 5.42. The number of nitrogens with two attached hydrogens (primary N) is 1. The SMILES string of the molecule is NNc1cc(NCCCCCO)ncn1. The van der Waals surface area contributed by atoms with Gasteiger partial charge in [0.2, 0.25) is 0 Å². The third-order valence-corrected chi connectivity index (χ3v) is 1.96. The molecule has 0 amide bonds. The van der Waals surface area contributed by atoms with Crippen LogP contribution in [-0.4, -0.2) is 28.2 Å². The Bertz CT molecular complexity index is 281. The van der Waals surface area contributed by atoms with Crippen molar-refractivity contribution in [3.63, 3.8) is 0 Å². The molecule has 0 saturated carbocycles. The number of nitrogens with one attached hydrogen (secondary N) is 2. The highest BCUT2D eigenvalue weighted by molar-refractivity contribution is 5.45. The van der Waals surface area contributed by atoms with E-state index in [1.54, 1.807) is 6.07 Å². The lowest BCUT2D eigenvalue weighted by Crippen LogP contribution is -2.10. The van der Waals surface area contributed by atoms with Crippen molar-refractivity contribution in [1.82, 2.24) is 9.97 Å². The predicted octanol–water partition coefficient (Wildman–Crippen LogP) is 0.337. The first kappa shape index (κ1) is 11.7. The summed E-state index contributed by atoms with van der Waals surface area (Å²) in [4.78, 5) is 7.93. The van der Waals surface area contributed by atoms with Gasteiger partial charge in [-0.05, 0) is 19.3 Å². The van der Waals surface area contributed by atoms with E-state index < -0.39 is 0 Å². The van der Waals surface area contributed by atoms with Crippen molar-refractivity contribution in [2.45, 2.75) is 19.3 Å². The zero-order valence-corrected chi connectivity index (χ0v) is 8.61. The standard InChI is InChI=1S/C9H17N5O/c10-14-9-6-8(12-7-13-9)11-4-2-1-3-5-15/h6-7,15H,1-5,10H2,(H2,11,12,13,14). The molecule has 0 unspecified atom stereocenters. The summed E-state index contributed by atoms with van der Waals surface area (Å²) in [5, 5.41) is 11.7. The third kappa shape index (κ3) is 4.57. The lowest BCUT2D eigenvalue weighted by Gasteiger charge is -2.05. The van der Waals surface area contributed by atoms with Crippen LogP contribution in [0.15, 0.2) is 12.4 Å². The van der Waals surface area contributed by atoms with Crippen LogP contribution in [0.1, 0.15) is 19.3 Å². The number of anilines is 2. The second kappa shape index (κ2) is 6.97. The Hall–Kier alpha value is -1.40. The van der Waals surface area contributed by atoms with Crippen molar-refractivity contribution < 1.29 is 5.11 Å². The quantitative estimate of drug-likeness (QED) is 0.295. The summed E-state index contributed by atoms with van der Waals surface area (Å²) < 4.78 is 0. The molecule has 6 nitrogen and oxygen atoms in total. The van der Waals surface area contributed by atoms with Crippen LogP contribution in [0.5, 0.6) is 0 Å². The molecule has 6 heteroatoms. The molecular weight excluding hydrogens is 194 g/mol. The van der Waals surface area contributed by atoms with E-state index in [-0.39, 0.29) is 6.61 Å². The first-order valence-corrected chi connectivity index (χ1v) is 5.00. The van der Waals surface area contributed by atoms with Gasteiger partial charge in [0.1, 0.15) is 18.0 Å². The Morgan fingerprint density at radius 3 is 2.73 bits per heavy atom. The fourth-order valence-corrected chi connectivity index (χ4v) is 1.16. The number of nitrogen functional groups attached to an aromatic ring is 1. The smallest absolute Gasteiger partial charge is 0.145 e. The fourth-order valence-electron chi connectivity index (χ4n) is 1.16. The molecule has 0 fully saturated rings. The van der Waals surface area contributed by atoms with E-state index in [4.69, 9.17) is 10.9 Å². The van der Waals surface area contributed by atoms with Crippen molar-refractivity contribution in [3.05, 3.63) is 12.4 Å². The van der Waals surface area contributed by atoms with Crippen LogP contribution < -0.4 is 16.6 Å². The molecule has 0 aliphatic rings. The van der Waals surface area contributed by atoms with E-state index in [0.29, 0.717) is 5.82 Å². The molecule has 0 bridgehead atoms. The topological polar surface area (TPSA) is 96.1 Å². The Morgan fingerprint density at radius 1 is 1.20 bits per heavy atom. The maximum absolute atomic E-state index is 8.59. The maximum Gasteiger partial charge on any atom is 0.145 e. The summed E-state index contributed by atoms with van der Waals surface area (Å²) in [5.74, 6) is 6.56. The van der Waals surface area contributed by atoms with Crippen molar-refractivity contribution in [1.29, 1.82) is 0 Å². The number of nitrogens with zero attached hydrogens (tertiary/aromatic N) is 2. The van der Waals surface area contributed by atoms with E-state index in [9.17, 15) is 0 Å². The molecule has 0 aliphatic heterocycles. The van der Waals surface area contributed by atoms with E-state index >= 15 is 0 Å². The van der Waals surface area contributed by atoms with Gasteiger partial charge in [-0.2, -0.15) is 0 Å². The van der Waals surface area contributed by atoms with Gasteiger partial charge < -0.3 is 15.8 Å². The molecule has 0 aromatic carbocycles. The molecule has 0 radical (unpaired) electrons. The van der Waals surface area contributed by atoms with Crippen molar-refractivity contribution in [3.8, 4) is 0 Å². The molecule has 5 N–H and O–H groups in total. The van der Waals surface area contributed by atoms with Gasteiger partial charge in [0.15, 0.2) is 0 Å². The number of hydrogen-bond acceptors (Lipinski definition) is 6. The minimum absolute atomic E-state index is 0.259. The van der Waals surface area contributed by atoms with Crippen molar-refractivity contribution >= 4 is 11.6 Å². The van der Waals surface area contributed by atoms with Crippen LogP contribution in [-0.2, 0) is 0 Å². The molecule has 15 heavy (non-hydrogen) atoms. The zero-order valence-electron chi connectivity index (χ0n) is 8.61. The third-order valence-electron chi connectivity index (χ3n) is 1.96. The summed E-state index contributed by atoms with van der Waals surface area (Å²) >= 11 is 0. The molecule has 0 saturated heterocycles. The highest BCUT2D eigenvalue weighted by Crippen LogP contribution is 2.07. The van der Waals surface area contributed by atoms with E-state index in [1.807, 2.05) is 0 Å². The maximum atomic E-state index is 8.59. The second-order valence-corrected chi connectivity index (χ2v) is 3.14. The van der Waals surface area contributed by atoms with Crippen LogP contribution in [0.2, 0.25) is 0 Å². The van der Waals surface area contributed by atoms with Gasteiger partial charge in [0.25, 0.3) is 0 Å². The number of rotatable bonds is 7. The van der Waals surface area contributed by atoms with Gasteiger partial charge in [-0.1, -0.05) is 0 Å². The highest BCUT2D eigenvalue weighted by atomic mass is 16.2. The minimum atomic E-state index is 0.259. The second-order valence-electron chi connectivity index (χ2n) is 3.14. The number of aliphatic hydroxyl groups excluding tert-OH is 1. The lowest BCUT2D eigenvalue weighted by atomic mass is 10.2. The van der Waals surface area contributed by atoms with E-state index in [1.165, 1.54) is 6.33 Å². The molecular formula is C9H17N5O. The average Bonchev–Trinajstić information content (AvgIpc) is 2.29. The molecule has 0 aliphatic carbocycles. The van der Waals surface area contributed by atoms with Crippen LogP contribution >= 0.6 is 0 Å². The lowest BCUT2D eigenvalue weighted by molar-refractivity contribution is 0.283. The van der Waals surface area contributed by atoms with Crippen LogP contribution in [0.25, 0.3) is 0 Å².